The molecule has 1 aromatic carbocycles. The van der Waals surface area contributed by atoms with E-state index in [0.717, 1.165) is 22.8 Å². The van der Waals surface area contributed by atoms with Gasteiger partial charge in [-0.25, -0.2) is 4.39 Å². The maximum absolute atomic E-state index is 12.9. The van der Waals surface area contributed by atoms with Crippen molar-refractivity contribution in [1.82, 2.24) is 0 Å². The topological polar surface area (TPSA) is 20.2 Å². The monoisotopic (exact) mass is 292 g/mol. The van der Waals surface area contributed by atoms with Crippen LogP contribution in [-0.2, 0) is 6.42 Å². The molecule has 0 saturated carbocycles. The Morgan fingerprint density at radius 2 is 2.29 bits per heavy atom. The molecule has 0 radical (unpaired) electrons. The zero-order valence-electron chi connectivity index (χ0n) is 9.23. The van der Waals surface area contributed by atoms with E-state index in [1.807, 2.05) is 23.5 Å². The summed E-state index contributed by atoms with van der Waals surface area (Å²) < 4.78 is 12.9. The first kappa shape index (κ1) is 13.5. The maximum Gasteiger partial charge on any atom is 0.124 e. The van der Waals surface area contributed by atoms with Crippen molar-refractivity contribution in [1.29, 1.82) is 0 Å². The second kappa shape index (κ2) is 6.32. The third kappa shape index (κ3) is 3.78. The lowest BCUT2D eigenvalue weighted by Gasteiger charge is -2.26. The zero-order chi connectivity index (χ0) is 12.3. The second-order valence-electron chi connectivity index (χ2n) is 3.99. The first-order valence-corrected chi connectivity index (χ1v) is 8.06. The van der Waals surface area contributed by atoms with Crippen LogP contribution in [0.5, 0.6) is 0 Å². The van der Waals surface area contributed by atoms with Crippen molar-refractivity contribution in [2.75, 3.05) is 17.3 Å². The van der Waals surface area contributed by atoms with Crippen LogP contribution in [0.1, 0.15) is 5.56 Å². The summed E-state index contributed by atoms with van der Waals surface area (Å²) in [6.07, 6.45) is 0.0907. The van der Waals surface area contributed by atoms with Gasteiger partial charge in [0.15, 0.2) is 0 Å². The normalized spacial score (nSPS) is 22.4. The number of thioether (sulfide) groups is 2. The van der Waals surface area contributed by atoms with Gasteiger partial charge in [0.1, 0.15) is 5.82 Å². The number of hydrogen-bond donors (Lipinski definition) is 1. The lowest BCUT2D eigenvalue weighted by Crippen LogP contribution is -2.30. The Morgan fingerprint density at radius 1 is 1.47 bits per heavy atom. The largest absolute Gasteiger partial charge is 0.392 e. The minimum absolute atomic E-state index is 0.259. The Balaban J connectivity index is 1.99. The highest BCUT2D eigenvalue weighted by atomic mass is 35.5. The molecule has 1 N–H and O–H groups in total. The molecule has 1 fully saturated rings. The molecule has 5 heteroatoms. The van der Waals surface area contributed by atoms with Gasteiger partial charge in [0.25, 0.3) is 0 Å². The second-order valence-corrected chi connectivity index (χ2v) is 6.90. The van der Waals surface area contributed by atoms with Crippen LogP contribution in [0.15, 0.2) is 18.2 Å². The molecule has 0 spiro atoms. The summed E-state index contributed by atoms with van der Waals surface area (Å²) in [5.41, 5.74) is 0.816. The van der Waals surface area contributed by atoms with Crippen molar-refractivity contribution in [3.05, 3.63) is 34.6 Å². The minimum atomic E-state index is -0.407. The Kier molecular flexibility index (Phi) is 5.03. The predicted octanol–water partition coefficient (Wildman–Crippen LogP) is 3.23. The molecular formula is C12H14ClFOS2. The fraction of sp³-hybridized carbons (Fsp3) is 0.500. The molecule has 0 bridgehead atoms. The van der Waals surface area contributed by atoms with Gasteiger partial charge >= 0.3 is 0 Å². The third-order valence-electron chi connectivity index (χ3n) is 2.72. The summed E-state index contributed by atoms with van der Waals surface area (Å²) in [5, 5.41) is 10.8. The van der Waals surface area contributed by atoms with Crippen LogP contribution in [0.4, 0.5) is 4.39 Å². The Labute approximate surface area is 114 Å². The molecule has 1 aliphatic heterocycles. The molecule has 0 aromatic heterocycles. The molecule has 2 unspecified atom stereocenters. The van der Waals surface area contributed by atoms with Crippen LogP contribution < -0.4 is 0 Å². The fourth-order valence-corrected chi connectivity index (χ4v) is 4.79. The van der Waals surface area contributed by atoms with E-state index in [1.54, 1.807) is 6.07 Å². The highest BCUT2D eigenvalue weighted by Gasteiger charge is 2.23. The summed E-state index contributed by atoms with van der Waals surface area (Å²) in [6.45, 7) is 0. The molecule has 2 atom stereocenters. The van der Waals surface area contributed by atoms with Gasteiger partial charge in [0, 0.05) is 34.0 Å². The highest BCUT2D eigenvalue weighted by Crippen LogP contribution is 2.29. The van der Waals surface area contributed by atoms with Crippen LogP contribution in [0.25, 0.3) is 0 Å². The predicted molar refractivity (Wildman–Crippen MR) is 74.7 cm³/mol. The van der Waals surface area contributed by atoms with Gasteiger partial charge in [-0.2, -0.15) is 23.5 Å². The summed E-state index contributed by atoms with van der Waals surface area (Å²) in [6, 6.07) is 4.34. The number of rotatable bonds is 3. The molecule has 1 heterocycles. The quantitative estimate of drug-likeness (QED) is 0.924. The van der Waals surface area contributed by atoms with Gasteiger partial charge in [0.05, 0.1) is 6.10 Å². The highest BCUT2D eigenvalue weighted by molar-refractivity contribution is 8.06. The summed E-state index contributed by atoms with van der Waals surface area (Å²) in [7, 11) is 0. The van der Waals surface area contributed by atoms with E-state index in [4.69, 9.17) is 11.6 Å². The standard InChI is InChI=1S/C12H14ClFOS2/c13-10-6-9(14)2-1-8(10)5-11(15)12-7-16-3-4-17-12/h1-2,6,11-12,15H,3-5,7H2. The summed E-state index contributed by atoms with van der Waals surface area (Å²) >= 11 is 9.64. The van der Waals surface area contributed by atoms with Crippen LogP contribution >= 0.6 is 35.1 Å². The van der Waals surface area contributed by atoms with E-state index in [9.17, 15) is 9.50 Å². The molecule has 1 aliphatic rings. The summed E-state index contributed by atoms with van der Waals surface area (Å²) in [5.74, 6) is 2.88. The van der Waals surface area contributed by atoms with E-state index >= 15 is 0 Å². The van der Waals surface area contributed by atoms with Crippen molar-refractivity contribution in [3.8, 4) is 0 Å². The van der Waals surface area contributed by atoms with Crippen LogP contribution in [0.3, 0.4) is 0 Å². The van der Waals surface area contributed by atoms with Gasteiger partial charge in [0.2, 0.25) is 0 Å². The number of aliphatic hydroxyl groups excluding tert-OH is 1. The van der Waals surface area contributed by atoms with Crippen molar-refractivity contribution in [2.45, 2.75) is 17.8 Å². The van der Waals surface area contributed by atoms with Crippen LogP contribution in [0, 0.1) is 5.82 Å². The van der Waals surface area contributed by atoms with Gasteiger partial charge in [-0.3, -0.25) is 0 Å². The molecule has 1 aromatic rings. The van der Waals surface area contributed by atoms with Crippen molar-refractivity contribution in [2.24, 2.45) is 0 Å². The zero-order valence-corrected chi connectivity index (χ0v) is 11.6. The van der Waals surface area contributed by atoms with E-state index < -0.39 is 6.10 Å². The van der Waals surface area contributed by atoms with Crippen LogP contribution in [0.2, 0.25) is 5.02 Å². The molecular weight excluding hydrogens is 279 g/mol. The first-order valence-electron chi connectivity index (χ1n) is 5.48. The van der Waals surface area contributed by atoms with Crippen LogP contribution in [-0.4, -0.2) is 33.7 Å². The van der Waals surface area contributed by atoms with Crippen molar-refractivity contribution in [3.63, 3.8) is 0 Å². The van der Waals surface area contributed by atoms with Gasteiger partial charge in [-0.15, -0.1) is 0 Å². The SMILES string of the molecule is OC(Cc1ccc(F)cc1Cl)C1CSCCS1. The lowest BCUT2D eigenvalue weighted by atomic mass is 10.1. The van der Waals surface area contributed by atoms with E-state index in [2.05, 4.69) is 0 Å². The molecule has 1 nitrogen and oxygen atoms in total. The number of hydrogen-bond acceptors (Lipinski definition) is 3. The lowest BCUT2D eigenvalue weighted by molar-refractivity contribution is 0.177. The molecule has 0 aliphatic carbocycles. The van der Waals surface area contributed by atoms with Gasteiger partial charge in [-0.1, -0.05) is 17.7 Å². The van der Waals surface area contributed by atoms with Crippen molar-refractivity contribution >= 4 is 35.1 Å². The number of benzene rings is 1. The minimum Gasteiger partial charge on any atom is -0.392 e. The average molecular weight is 293 g/mol. The summed E-state index contributed by atoms with van der Waals surface area (Å²) in [4.78, 5) is 0. The molecule has 0 amide bonds. The van der Waals surface area contributed by atoms with E-state index in [0.29, 0.717) is 11.4 Å². The smallest absolute Gasteiger partial charge is 0.124 e. The van der Waals surface area contributed by atoms with E-state index in [-0.39, 0.29) is 11.1 Å². The average Bonchev–Trinajstić information content (AvgIpc) is 2.34. The Bertz CT molecular complexity index is 383. The molecule has 1 saturated heterocycles. The number of halogens is 2. The number of aliphatic hydroxyl groups is 1. The molecule has 17 heavy (non-hydrogen) atoms. The Hall–Kier alpha value is 0.1000. The van der Waals surface area contributed by atoms with Crippen molar-refractivity contribution < 1.29 is 9.50 Å². The Morgan fingerprint density at radius 3 is 2.94 bits per heavy atom. The van der Waals surface area contributed by atoms with Gasteiger partial charge < -0.3 is 5.11 Å². The maximum atomic E-state index is 12.9. The molecule has 94 valence electrons. The fourth-order valence-electron chi connectivity index (χ4n) is 1.77. The van der Waals surface area contributed by atoms with Gasteiger partial charge in [-0.05, 0) is 17.7 Å². The molecule has 2 rings (SSSR count). The first-order chi connectivity index (χ1) is 8.16. The third-order valence-corrected chi connectivity index (χ3v) is 5.97. The van der Waals surface area contributed by atoms with E-state index in [1.165, 1.54) is 12.1 Å².